The molecule has 0 aromatic rings. The molecule has 4 atom stereocenters. The fourth-order valence-electron chi connectivity index (χ4n) is 1.73. The van der Waals surface area contributed by atoms with E-state index in [9.17, 15) is 0 Å². The van der Waals surface area contributed by atoms with Crippen LogP contribution in [0.25, 0.3) is 0 Å². The van der Waals surface area contributed by atoms with Crippen molar-refractivity contribution in [3.63, 3.8) is 0 Å². The number of rotatable bonds is 5. The van der Waals surface area contributed by atoms with Crippen LogP contribution in [-0.2, 0) is 18.9 Å². The van der Waals surface area contributed by atoms with Crippen LogP contribution in [0.1, 0.15) is 13.8 Å². The molecule has 1 saturated heterocycles. The van der Waals surface area contributed by atoms with Crippen LogP contribution < -0.4 is 0 Å². The summed E-state index contributed by atoms with van der Waals surface area (Å²) in [7, 11) is 9.00. The Labute approximate surface area is 92.6 Å². The lowest BCUT2D eigenvalue weighted by Crippen LogP contribution is -2.38. The minimum Gasteiger partial charge on any atom is -0.377 e. The van der Waals surface area contributed by atoms with Gasteiger partial charge in [-0.15, -0.1) is 0 Å². The van der Waals surface area contributed by atoms with Gasteiger partial charge < -0.3 is 18.9 Å². The van der Waals surface area contributed by atoms with Gasteiger partial charge in [0.1, 0.15) is 26.2 Å². The molecule has 1 aliphatic heterocycles. The molecular weight excluding hydrogens is 195 g/mol. The number of hydrogen-bond donors (Lipinski definition) is 0. The average molecular weight is 214 g/mol. The first-order valence-electron chi connectivity index (χ1n) is 5.18. The fraction of sp³-hybridized carbons (Fsp3) is 1.00. The third-order valence-electron chi connectivity index (χ3n) is 2.48. The Hall–Kier alpha value is -0.0951. The van der Waals surface area contributed by atoms with Crippen molar-refractivity contribution in [2.45, 2.75) is 44.3 Å². The largest absolute Gasteiger partial charge is 0.377 e. The summed E-state index contributed by atoms with van der Waals surface area (Å²) in [5.41, 5.74) is 0. The van der Waals surface area contributed by atoms with E-state index in [0.717, 1.165) is 0 Å². The molecule has 0 N–H and O–H groups in total. The number of ether oxygens (including phenoxy) is 4. The van der Waals surface area contributed by atoms with Gasteiger partial charge in [0.15, 0.2) is 0 Å². The van der Waals surface area contributed by atoms with Crippen LogP contribution in [0.3, 0.4) is 0 Å². The average Bonchev–Trinajstić information content (AvgIpc) is 2.50. The van der Waals surface area contributed by atoms with Gasteiger partial charge in [0, 0.05) is 20.2 Å². The summed E-state index contributed by atoms with van der Waals surface area (Å²) in [5.74, 6) is 0. The molecule has 0 saturated carbocycles. The maximum absolute atomic E-state index is 5.77. The standard InChI is InChI=1S/C10H19BO4/c1-6(2)14-5-7-8(12-3)9(13-4)10(11)15-7/h6-10H,5H2,1-4H3/t7?,8-,9?,10?/m1/s1. The third-order valence-corrected chi connectivity index (χ3v) is 2.48. The van der Waals surface area contributed by atoms with Gasteiger partial charge in [-0.25, -0.2) is 0 Å². The molecule has 3 unspecified atom stereocenters. The Kier molecular flexibility index (Phi) is 5.05. The van der Waals surface area contributed by atoms with Crippen LogP contribution in [0.5, 0.6) is 0 Å². The van der Waals surface area contributed by atoms with Gasteiger partial charge in [0.2, 0.25) is 0 Å². The Bertz CT molecular complexity index is 188. The van der Waals surface area contributed by atoms with E-state index in [0.29, 0.717) is 6.61 Å². The Morgan fingerprint density at radius 2 is 1.80 bits per heavy atom. The number of hydrogen-bond acceptors (Lipinski definition) is 4. The summed E-state index contributed by atoms with van der Waals surface area (Å²) in [6.45, 7) is 4.43. The van der Waals surface area contributed by atoms with Crippen LogP contribution in [0.15, 0.2) is 0 Å². The predicted molar refractivity (Wildman–Crippen MR) is 57.1 cm³/mol. The van der Waals surface area contributed by atoms with Gasteiger partial charge >= 0.3 is 0 Å². The summed E-state index contributed by atoms with van der Waals surface area (Å²) >= 11 is 0. The van der Waals surface area contributed by atoms with Crippen molar-refractivity contribution in [3.05, 3.63) is 0 Å². The van der Waals surface area contributed by atoms with Crippen molar-refractivity contribution in [2.75, 3.05) is 20.8 Å². The quantitative estimate of drug-likeness (QED) is 0.618. The molecule has 0 bridgehead atoms. The monoisotopic (exact) mass is 214 g/mol. The van der Waals surface area contributed by atoms with Crippen LogP contribution in [-0.4, -0.2) is 59.1 Å². The molecule has 1 fully saturated rings. The van der Waals surface area contributed by atoms with Crippen LogP contribution >= 0.6 is 0 Å². The maximum atomic E-state index is 5.77. The van der Waals surface area contributed by atoms with E-state index in [2.05, 4.69) is 0 Å². The highest BCUT2D eigenvalue weighted by atomic mass is 16.6. The van der Waals surface area contributed by atoms with Crippen molar-refractivity contribution in [1.29, 1.82) is 0 Å². The second kappa shape index (κ2) is 5.84. The van der Waals surface area contributed by atoms with E-state index in [4.69, 9.17) is 26.8 Å². The molecule has 1 heterocycles. The van der Waals surface area contributed by atoms with Crippen molar-refractivity contribution < 1.29 is 18.9 Å². The van der Waals surface area contributed by atoms with Crippen molar-refractivity contribution in [1.82, 2.24) is 0 Å². The minimum atomic E-state index is -0.444. The van der Waals surface area contributed by atoms with E-state index < -0.39 is 6.00 Å². The van der Waals surface area contributed by atoms with Gasteiger partial charge in [0.05, 0.1) is 12.7 Å². The Balaban J connectivity index is 2.50. The SMILES string of the molecule is [B]C1OC(COC(C)C)[C@@H](OC)C1OC. The highest BCUT2D eigenvalue weighted by Gasteiger charge is 2.42. The number of methoxy groups -OCH3 is 2. The second-order valence-electron chi connectivity index (χ2n) is 3.92. The molecule has 1 rings (SSSR count). The fourth-order valence-corrected chi connectivity index (χ4v) is 1.73. The molecule has 0 amide bonds. The molecule has 0 spiro atoms. The zero-order chi connectivity index (χ0) is 11.4. The summed E-state index contributed by atoms with van der Waals surface area (Å²) in [4.78, 5) is 0. The zero-order valence-corrected chi connectivity index (χ0v) is 9.80. The lowest BCUT2D eigenvalue weighted by molar-refractivity contribution is -0.0647. The van der Waals surface area contributed by atoms with Gasteiger partial charge in [-0.1, -0.05) is 0 Å². The smallest absolute Gasteiger partial charge is 0.113 e. The van der Waals surface area contributed by atoms with Crippen LogP contribution in [0, 0.1) is 0 Å². The van der Waals surface area contributed by atoms with Crippen molar-refractivity contribution in [3.8, 4) is 0 Å². The van der Waals surface area contributed by atoms with Gasteiger partial charge in [0.25, 0.3) is 0 Å². The summed E-state index contributed by atoms with van der Waals surface area (Å²) in [6.07, 6.45) is -0.374. The Morgan fingerprint density at radius 1 is 1.20 bits per heavy atom. The molecule has 1 aliphatic rings. The Morgan fingerprint density at radius 3 is 2.27 bits per heavy atom. The first-order valence-corrected chi connectivity index (χ1v) is 5.18. The van der Waals surface area contributed by atoms with E-state index in [-0.39, 0.29) is 24.4 Å². The molecule has 5 heteroatoms. The molecule has 86 valence electrons. The normalized spacial score (nSPS) is 36.3. The molecule has 2 radical (unpaired) electrons. The van der Waals surface area contributed by atoms with E-state index >= 15 is 0 Å². The highest BCUT2D eigenvalue weighted by Crippen LogP contribution is 2.24. The van der Waals surface area contributed by atoms with Gasteiger partial charge in [-0.2, -0.15) is 0 Å². The lowest BCUT2D eigenvalue weighted by Gasteiger charge is -2.21. The third kappa shape index (κ3) is 3.18. The van der Waals surface area contributed by atoms with E-state index in [1.165, 1.54) is 0 Å². The lowest BCUT2D eigenvalue weighted by atomic mass is 9.93. The molecule has 0 aromatic heterocycles. The predicted octanol–water partition coefficient (Wildman–Crippen LogP) is 0.335. The van der Waals surface area contributed by atoms with Crippen LogP contribution in [0.2, 0.25) is 0 Å². The maximum Gasteiger partial charge on any atom is 0.113 e. The minimum absolute atomic E-state index is 0.155. The summed E-state index contributed by atoms with van der Waals surface area (Å²) in [6, 6.07) is -0.444. The summed E-state index contributed by atoms with van der Waals surface area (Å²) < 4.78 is 21.6. The first-order chi connectivity index (χ1) is 7.10. The highest BCUT2D eigenvalue weighted by molar-refractivity contribution is 6.11. The molecular formula is C10H19BO4. The van der Waals surface area contributed by atoms with Crippen molar-refractivity contribution >= 4 is 7.85 Å². The molecule has 0 aliphatic carbocycles. The van der Waals surface area contributed by atoms with Crippen LogP contribution in [0.4, 0.5) is 0 Å². The zero-order valence-electron chi connectivity index (χ0n) is 9.80. The topological polar surface area (TPSA) is 36.9 Å². The second-order valence-corrected chi connectivity index (χ2v) is 3.92. The molecule has 4 nitrogen and oxygen atoms in total. The van der Waals surface area contributed by atoms with E-state index in [1.54, 1.807) is 14.2 Å². The first kappa shape index (κ1) is 13.0. The summed E-state index contributed by atoms with van der Waals surface area (Å²) in [5, 5.41) is 0. The van der Waals surface area contributed by atoms with E-state index in [1.807, 2.05) is 13.8 Å². The van der Waals surface area contributed by atoms with Gasteiger partial charge in [-0.3, -0.25) is 0 Å². The van der Waals surface area contributed by atoms with Crippen molar-refractivity contribution in [2.24, 2.45) is 0 Å². The molecule has 0 aromatic carbocycles. The molecule has 15 heavy (non-hydrogen) atoms. The van der Waals surface area contributed by atoms with Gasteiger partial charge in [-0.05, 0) is 13.8 Å².